The van der Waals surface area contributed by atoms with Crippen LogP contribution in [0, 0.1) is 5.92 Å². The number of halogens is 3. The zero-order valence-corrected chi connectivity index (χ0v) is 11.1. The van der Waals surface area contributed by atoms with Crippen LogP contribution >= 0.6 is 34.8 Å². The van der Waals surface area contributed by atoms with Crippen molar-refractivity contribution in [3.63, 3.8) is 0 Å². The van der Waals surface area contributed by atoms with Crippen molar-refractivity contribution >= 4 is 46.7 Å². The van der Waals surface area contributed by atoms with E-state index in [0.29, 0.717) is 6.54 Å². The maximum Gasteiger partial charge on any atom is 0.410 e. The number of carbonyl (C=O) groups excluding carboxylic acids is 2. The summed E-state index contributed by atoms with van der Waals surface area (Å²) in [5.74, 6) is -0.0817. The fraction of sp³-hybridized carbons (Fsp3) is 0.778. The van der Waals surface area contributed by atoms with Gasteiger partial charge in [0.05, 0.1) is 6.54 Å². The van der Waals surface area contributed by atoms with Gasteiger partial charge in [-0.3, -0.25) is 9.69 Å². The molecule has 92 valence electrons. The van der Waals surface area contributed by atoms with Crippen LogP contribution in [0.15, 0.2) is 0 Å². The molecular formula is C9H12Cl3NO3. The third kappa shape index (κ3) is 4.00. The van der Waals surface area contributed by atoms with Crippen molar-refractivity contribution in [1.82, 2.24) is 4.90 Å². The molecule has 1 saturated heterocycles. The molecule has 0 aromatic rings. The van der Waals surface area contributed by atoms with Crippen LogP contribution in [0.5, 0.6) is 0 Å². The average Bonchev–Trinajstić information content (AvgIpc) is 2.91. The quantitative estimate of drug-likeness (QED) is 0.592. The number of ketones is 1. The Hall–Kier alpha value is -0.190. The molecule has 0 radical (unpaired) electrons. The highest BCUT2D eigenvalue weighted by molar-refractivity contribution is 6.67. The molecule has 0 aromatic heterocycles. The number of carbonyl (C=O) groups is 2. The van der Waals surface area contributed by atoms with Crippen molar-refractivity contribution in [3.8, 4) is 0 Å². The minimum absolute atomic E-state index is 0.0193. The van der Waals surface area contributed by atoms with Gasteiger partial charge in [-0.2, -0.15) is 0 Å². The van der Waals surface area contributed by atoms with Gasteiger partial charge in [0.15, 0.2) is 5.78 Å². The molecule has 1 aliphatic rings. The molecular weight excluding hydrogens is 276 g/mol. The van der Waals surface area contributed by atoms with Crippen molar-refractivity contribution in [2.24, 2.45) is 5.92 Å². The van der Waals surface area contributed by atoms with E-state index in [1.165, 1.54) is 4.90 Å². The number of amides is 1. The van der Waals surface area contributed by atoms with Crippen LogP contribution < -0.4 is 0 Å². The lowest BCUT2D eigenvalue weighted by Crippen LogP contribution is -2.25. The number of alkyl halides is 3. The number of rotatable bonds is 3. The molecule has 1 rings (SSSR count). The van der Waals surface area contributed by atoms with Crippen molar-refractivity contribution < 1.29 is 14.3 Å². The Balaban J connectivity index is 2.35. The maximum atomic E-state index is 11.5. The van der Waals surface area contributed by atoms with E-state index in [1.54, 1.807) is 13.8 Å². The molecule has 0 aromatic carbocycles. The normalized spacial score (nSPS) is 19.9. The summed E-state index contributed by atoms with van der Waals surface area (Å²) < 4.78 is 3.11. The van der Waals surface area contributed by atoms with Crippen molar-refractivity contribution in [2.75, 3.05) is 13.2 Å². The van der Waals surface area contributed by atoms with Crippen molar-refractivity contribution in [1.29, 1.82) is 0 Å². The molecule has 0 bridgehead atoms. The van der Waals surface area contributed by atoms with E-state index in [-0.39, 0.29) is 24.3 Å². The summed E-state index contributed by atoms with van der Waals surface area (Å²) in [6, 6.07) is -0.372. The van der Waals surface area contributed by atoms with Crippen molar-refractivity contribution in [3.05, 3.63) is 0 Å². The first kappa shape index (κ1) is 13.9. The molecule has 0 spiro atoms. The van der Waals surface area contributed by atoms with Gasteiger partial charge >= 0.3 is 6.09 Å². The summed E-state index contributed by atoms with van der Waals surface area (Å²) >= 11 is 16.3. The van der Waals surface area contributed by atoms with Crippen LogP contribution in [0.1, 0.15) is 13.8 Å². The standard InChI is InChI=1S/C9H12Cl3NO3/c1-5(2)7(14)6-3-13(6)8(15)16-4-9(10,11)12/h5-6H,3-4H2,1-2H3. The van der Waals surface area contributed by atoms with Gasteiger partial charge in [-0.1, -0.05) is 48.7 Å². The molecule has 1 atom stereocenters. The van der Waals surface area contributed by atoms with Gasteiger partial charge in [-0.05, 0) is 0 Å². The Labute approximate surface area is 109 Å². The Morgan fingerprint density at radius 1 is 1.44 bits per heavy atom. The number of ether oxygens (including phenoxy) is 1. The lowest BCUT2D eigenvalue weighted by atomic mass is 10.1. The second-order valence-electron chi connectivity index (χ2n) is 3.89. The molecule has 1 aliphatic heterocycles. The lowest BCUT2D eigenvalue weighted by Gasteiger charge is -2.12. The molecule has 0 N–H and O–H groups in total. The Bertz CT molecular complexity index is 301. The van der Waals surface area contributed by atoms with E-state index in [9.17, 15) is 9.59 Å². The van der Waals surface area contributed by atoms with Crippen LogP contribution in [0.25, 0.3) is 0 Å². The van der Waals surface area contributed by atoms with Gasteiger partial charge in [0.25, 0.3) is 0 Å². The van der Waals surface area contributed by atoms with Crippen molar-refractivity contribution in [2.45, 2.75) is 23.7 Å². The third-order valence-electron chi connectivity index (χ3n) is 2.10. The largest absolute Gasteiger partial charge is 0.445 e. The fourth-order valence-electron chi connectivity index (χ4n) is 1.20. The SMILES string of the molecule is CC(C)C(=O)C1CN1C(=O)OCC(Cl)(Cl)Cl. The fourth-order valence-corrected chi connectivity index (χ4v) is 1.36. The summed E-state index contributed by atoms with van der Waals surface area (Å²) in [5, 5.41) is 0. The number of Topliss-reactive ketones (excluding diaryl/α,β-unsaturated/α-hetero) is 1. The number of hydrogen-bond acceptors (Lipinski definition) is 3. The summed E-state index contributed by atoms with van der Waals surface area (Å²) in [6.07, 6.45) is -0.620. The lowest BCUT2D eigenvalue weighted by molar-refractivity contribution is -0.122. The Morgan fingerprint density at radius 2 is 2.00 bits per heavy atom. The maximum absolute atomic E-state index is 11.5. The van der Waals surface area contributed by atoms with Crippen LogP contribution in [0.3, 0.4) is 0 Å². The average molecular weight is 289 g/mol. The number of nitrogens with zero attached hydrogens (tertiary/aromatic N) is 1. The zero-order chi connectivity index (χ0) is 12.5. The van der Waals surface area contributed by atoms with Gasteiger partial charge in [-0.15, -0.1) is 0 Å². The molecule has 1 unspecified atom stereocenters. The second kappa shape index (κ2) is 4.98. The van der Waals surface area contributed by atoms with E-state index in [0.717, 1.165) is 0 Å². The second-order valence-corrected chi connectivity index (χ2v) is 6.41. The predicted molar refractivity (Wildman–Crippen MR) is 62.0 cm³/mol. The van der Waals surface area contributed by atoms with Crippen LogP contribution in [-0.4, -0.2) is 39.8 Å². The number of hydrogen-bond donors (Lipinski definition) is 0. The summed E-state index contributed by atoms with van der Waals surface area (Å²) in [5.41, 5.74) is 0. The van der Waals surface area contributed by atoms with E-state index in [4.69, 9.17) is 39.5 Å². The summed E-state index contributed by atoms with van der Waals surface area (Å²) in [6.45, 7) is 3.63. The Kier molecular flexibility index (Phi) is 4.32. The van der Waals surface area contributed by atoms with Gasteiger partial charge in [0.1, 0.15) is 12.6 Å². The minimum atomic E-state index is -1.62. The summed E-state index contributed by atoms with van der Waals surface area (Å²) in [4.78, 5) is 24.2. The highest BCUT2D eigenvalue weighted by atomic mass is 35.6. The first-order valence-electron chi connectivity index (χ1n) is 4.76. The molecule has 1 fully saturated rings. The van der Waals surface area contributed by atoms with Crippen LogP contribution in [0.2, 0.25) is 0 Å². The molecule has 1 heterocycles. The predicted octanol–water partition coefficient (Wildman–Crippen LogP) is 2.40. The molecule has 16 heavy (non-hydrogen) atoms. The van der Waals surface area contributed by atoms with Gasteiger partial charge < -0.3 is 4.74 Å². The van der Waals surface area contributed by atoms with Gasteiger partial charge in [0, 0.05) is 5.92 Å². The molecule has 7 heteroatoms. The first-order chi connectivity index (χ1) is 7.22. The summed E-state index contributed by atoms with van der Waals surface area (Å²) in [7, 11) is 0. The van der Waals surface area contributed by atoms with E-state index in [2.05, 4.69) is 0 Å². The molecule has 0 aliphatic carbocycles. The highest BCUT2D eigenvalue weighted by Crippen LogP contribution is 2.28. The highest BCUT2D eigenvalue weighted by Gasteiger charge is 2.46. The van der Waals surface area contributed by atoms with Crippen LogP contribution in [0.4, 0.5) is 4.79 Å². The van der Waals surface area contributed by atoms with Crippen LogP contribution in [-0.2, 0) is 9.53 Å². The minimum Gasteiger partial charge on any atom is -0.445 e. The van der Waals surface area contributed by atoms with Gasteiger partial charge in [0.2, 0.25) is 3.79 Å². The first-order valence-corrected chi connectivity index (χ1v) is 5.89. The smallest absolute Gasteiger partial charge is 0.410 e. The topological polar surface area (TPSA) is 46.4 Å². The molecule has 0 saturated carbocycles. The van der Waals surface area contributed by atoms with Gasteiger partial charge in [-0.25, -0.2) is 4.79 Å². The third-order valence-corrected chi connectivity index (χ3v) is 2.43. The van der Waals surface area contributed by atoms with E-state index < -0.39 is 9.89 Å². The van der Waals surface area contributed by atoms with E-state index >= 15 is 0 Å². The molecule has 1 amide bonds. The monoisotopic (exact) mass is 287 g/mol. The van der Waals surface area contributed by atoms with E-state index in [1.807, 2.05) is 0 Å². The Morgan fingerprint density at radius 3 is 2.44 bits per heavy atom. The molecule has 4 nitrogen and oxygen atoms in total. The zero-order valence-electron chi connectivity index (χ0n) is 8.87.